The van der Waals surface area contributed by atoms with Crippen molar-refractivity contribution in [2.75, 3.05) is 25.3 Å². The minimum Gasteiger partial charge on any atom is -0.428 e. The number of nitrogens with one attached hydrogen (secondary N) is 1. The maximum Gasteiger partial charge on any atom is 0.475 e. The monoisotopic (exact) mass is 589 g/mol. The summed E-state index contributed by atoms with van der Waals surface area (Å²) >= 11 is 6.02. The van der Waals surface area contributed by atoms with Crippen molar-refractivity contribution in [1.29, 1.82) is 0 Å². The fraction of sp³-hybridized carbons (Fsp3) is 0.455. The van der Waals surface area contributed by atoms with E-state index in [9.17, 15) is 29.2 Å². The van der Waals surface area contributed by atoms with Crippen LogP contribution in [0.15, 0.2) is 41.3 Å². The molecule has 15 nitrogen and oxygen atoms in total. The first-order valence-electron chi connectivity index (χ1n) is 11.6. The van der Waals surface area contributed by atoms with E-state index in [2.05, 4.69) is 19.8 Å². The number of hydrogen-bond donors (Lipinski definition) is 3. The molecular weight excluding hydrogens is 565 g/mol. The van der Waals surface area contributed by atoms with Gasteiger partial charge in [0.25, 0.3) is 0 Å². The molecule has 0 spiro atoms. The molecule has 39 heavy (non-hydrogen) atoms. The number of aliphatic hydroxyl groups excluding tert-OH is 2. The number of halogens is 1. The number of esters is 1. The average Bonchev–Trinajstić information content (AvgIpc) is 3.16. The fourth-order valence-corrected chi connectivity index (χ4v) is 5.35. The summed E-state index contributed by atoms with van der Waals surface area (Å²) in [7, 11) is -4.06. The summed E-state index contributed by atoms with van der Waals surface area (Å²) in [5, 5.41) is 23.6. The van der Waals surface area contributed by atoms with Crippen molar-refractivity contribution in [1.82, 2.24) is 9.55 Å². The smallest absolute Gasteiger partial charge is 0.428 e. The van der Waals surface area contributed by atoms with Gasteiger partial charge in [0.15, 0.2) is 6.23 Å². The fourth-order valence-electron chi connectivity index (χ4n) is 3.76. The number of phosphoric acid groups is 1. The molecule has 0 radical (unpaired) electrons. The first-order chi connectivity index (χ1) is 18.5. The van der Waals surface area contributed by atoms with Crippen LogP contribution in [0.5, 0.6) is 0 Å². The Balaban J connectivity index is 1.35. The van der Waals surface area contributed by atoms with Gasteiger partial charge < -0.3 is 24.4 Å². The van der Waals surface area contributed by atoms with Gasteiger partial charge in [-0.25, -0.2) is 14.2 Å². The Labute approximate surface area is 226 Å². The molecule has 17 heteroatoms. The van der Waals surface area contributed by atoms with Gasteiger partial charge in [-0.1, -0.05) is 23.7 Å². The lowest BCUT2D eigenvalue weighted by atomic mass is 10.1. The molecule has 2 saturated heterocycles. The van der Waals surface area contributed by atoms with Gasteiger partial charge in [-0.15, -0.1) is 0 Å². The third kappa shape index (κ3) is 7.41. The zero-order chi connectivity index (χ0) is 28.2. The molecule has 212 valence electrons. The van der Waals surface area contributed by atoms with Gasteiger partial charge in [0.2, 0.25) is 6.79 Å². The van der Waals surface area contributed by atoms with E-state index < -0.39 is 69.6 Å². The number of aliphatic hydroxyl groups is 2. The Morgan fingerprint density at radius 2 is 2.05 bits per heavy atom. The van der Waals surface area contributed by atoms with E-state index in [0.29, 0.717) is 17.0 Å². The Bertz CT molecular complexity index is 1310. The van der Waals surface area contributed by atoms with Crippen LogP contribution in [0.4, 0.5) is 10.6 Å². The van der Waals surface area contributed by atoms with Crippen molar-refractivity contribution in [3.05, 3.63) is 57.6 Å². The number of carbonyl (C=O) groups excluding carboxylic acids is 2. The SMILES string of the molecule is CC(=O)OCOC(=O)Nc1ccn([C@@H]2O[C@H](COP3(=O)OCC[C@@H](c4cccc(Cl)c4)O3)[C@@H](O)[C@H]2O)c(=O)n1. The maximum atomic E-state index is 13.0. The molecular formula is C22H25ClN3O12P. The van der Waals surface area contributed by atoms with E-state index in [1.807, 2.05) is 0 Å². The molecule has 2 aliphatic heterocycles. The number of carbonyl (C=O) groups is 2. The largest absolute Gasteiger partial charge is 0.475 e. The quantitative estimate of drug-likeness (QED) is 0.230. The molecule has 3 heterocycles. The number of rotatable bonds is 8. The topological polar surface area (TPSA) is 194 Å². The minimum atomic E-state index is -4.06. The summed E-state index contributed by atoms with van der Waals surface area (Å²) < 4.78 is 44.7. The maximum absolute atomic E-state index is 13.0. The molecule has 2 aliphatic rings. The molecule has 2 fully saturated rings. The van der Waals surface area contributed by atoms with E-state index in [1.54, 1.807) is 24.3 Å². The van der Waals surface area contributed by atoms with Crippen LogP contribution in [0.3, 0.4) is 0 Å². The second-order valence-electron chi connectivity index (χ2n) is 8.37. The van der Waals surface area contributed by atoms with Crippen LogP contribution in [0, 0.1) is 0 Å². The lowest BCUT2D eigenvalue weighted by Gasteiger charge is -2.29. The average molecular weight is 590 g/mol. The number of hydrogen-bond acceptors (Lipinski definition) is 13. The summed E-state index contributed by atoms with van der Waals surface area (Å²) in [6, 6.07) is 8.05. The van der Waals surface area contributed by atoms with Crippen molar-refractivity contribution in [2.45, 2.75) is 44.0 Å². The highest BCUT2D eigenvalue weighted by Crippen LogP contribution is 2.57. The van der Waals surface area contributed by atoms with E-state index in [1.165, 1.54) is 6.07 Å². The van der Waals surface area contributed by atoms with Crippen molar-refractivity contribution in [3.63, 3.8) is 0 Å². The molecule has 0 saturated carbocycles. The van der Waals surface area contributed by atoms with Crippen LogP contribution in [0.1, 0.15) is 31.2 Å². The number of anilines is 1. The lowest BCUT2D eigenvalue weighted by Crippen LogP contribution is -2.36. The van der Waals surface area contributed by atoms with Gasteiger partial charge >= 0.3 is 25.6 Å². The molecule has 6 atom stereocenters. The molecule has 1 aromatic heterocycles. The van der Waals surface area contributed by atoms with Gasteiger partial charge in [-0.2, -0.15) is 4.98 Å². The Kier molecular flexibility index (Phi) is 9.35. The number of amides is 1. The van der Waals surface area contributed by atoms with Gasteiger partial charge in [0.1, 0.15) is 24.1 Å². The predicted octanol–water partition coefficient (Wildman–Crippen LogP) is 1.89. The van der Waals surface area contributed by atoms with Crippen LogP contribution in [0.25, 0.3) is 0 Å². The van der Waals surface area contributed by atoms with Gasteiger partial charge in [0.05, 0.1) is 19.3 Å². The molecule has 3 N–H and O–H groups in total. The number of phosphoric ester groups is 1. The second-order valence-corrected chi connectivity index (χ2v) is 10.4. The van der Waals surface area contributed by atoms with Crippen molar-refractivity contribution < 1.29 is 52.1 Å². The summed E-state index contributed by atoms with van der Waals surface area (Å²) in [5.41, 5.74) is -0.258. The molecule has 0 aliphatic carbocycles. The summed E-state index contributed by atoms with van der Waals surface area (Å²) in [4.78, 5) is 38.6. The van der Waals surface area contributed by atoms with Crippen LogP contribution in [-0.4, -0.2) is 70.1 Å². The van der Waals surface area contributed by atoms with Gasteiger partial charge in [-0.3, -0.25) is 28.2 Å². The van der Waals surface area contributed by atoms with Gasteiger partial charge in [-0.05, 0) is 23.8 Å². The lowest BCUT2D eigenvalue weighted by molar-refractivity contribution is -0.148. The first-order valence-corrected chi connectivity index (χ1v) is 13.4. The molecule has 1 unspecified atom stereocenters. The number of ether oxygens (including phenoxy) is 3. The Morgan fingerprint density at radius 1 is 1.26 bits per heavy atom. The third-order valence-corrected chi connectivity index (χ3v) is 7.34. The van der Waals surface area contributed by atoms with Gasteiger partial charge in [0, 0.05) is 24.6 Å². The number of benzene rings is 1. The summed E-state index contributed by atoms with van der Waals surface area (Å²) in [5.74, 6) is -0.853. The molecule has 1 amide bonds. The van der Waals surface area contributed by atoms with Crippen molar-refractivity contribution in [3.8, 4) is 0 Å². The molecule has 2 aromatic rings. The van der Waals surface area contributed by atoms with E-state index in [4.69, 9.17) is 29.9 Å². The van der Waals surface area contributed by atoms with E-state index in [-0.39, 0.29) is 12.4 Å². The highest BCUT2D eigenvalue weighted by atomic mass is 35.5. The van der Waals surface area contributed by atoms with Crippen LogP contribution in [0.2, 0.25) is 5.02 Å². The van der Waals surface area contributed by atoms with Crippen LogP contribution < -0.4 is 11.0 Å². The minimum absolute atomic E-state index is 0.0759. The molecule has 0 bridgehead atoms. The third-order valence-electron chi connectivity index (χ3n) is 5.63. The van der Waals surface area contributed by atoms with Crippen molar-refractivity contribution >= 4 is 37.3 Å². The summed E-state index contributed by atoms with van der Waals surface area (Å²) in [6.45, 7) is 0.0776. The van der Waals surface area contributed by atoms with Crippen LogP contribution >= 0.6 is 19.4 Å². The number of nitrogens with zero attached hydrogens (tertiary/aromatic N) is 2. The number of aromatic nitrogens is 2. The van der Waals surface area contributed by atoms with Crippen LogP contribution in [-0.2, 0) is 37.1 Å². The normalized spacial score (nSPS) is 28.6. The molecule has 4 rings (SSSR count). The standard InChI is InChI=1S/C22H25ClN3O12P/c1-12(27)33-11-34-22(31)25-17-5-7-26(21(30)24-17)20-19(29)18(28)16(37-20)10-36-39(32)35-8-6-15(38-39)13-3-2-4-14(23)9-13/h2-5,7,9,15-16,18-20,28-29H,6,8,10-11H2,1H3,(H,24,25,30,31)/t15-,16+,18+,19+,20+,39?/m0/s1. The van der Waals surface area contributed by atoms with E-state index >= 15 is 0 Å². The highest BCUT2D eigenvalue weighted by Gasteiger charge is 2.46. The Morgan fingerprint density at radius 3 is 2.77 bits per heavy atom. The zero-order valence-corrected chi connectivity index (χ0v) is 22.0. The Hall–Kier alpha value is -2.88. The highest BCUT2D eigenvalue weighted by molar-refractivity contribution is 7.48. The van der Waals surface area contributed by atoms with Crippen molar-refractivity contribution in [2.24, 2.45) is 0 Å². The molecule has 1 aromatic carbocycles. The van der Waals surface area contributed by atoms with E-state index in [0.717, 1.165) is 17.7 Å². The second kappa shape index (κ2) is 12.5. The first kappa shape index (κ1) is 29.1. The predicted molar refractivity (Wildman–Crippen MR) is 131 cm³/mol. The zero-order valence-electron chi connectivity index (χ0n) is 20.4. The summed E-state index contributed by atoms with van der Waals surface area (Å²) in [6.07, 6.45) is -5.79.